The SMILES string of the molecule is CCCCCCCC/C=C\CCCCCCCCCC(=O)OCCCCCCCCCCCCCCCCCCCCCCC(=O)NC(CO)C(O)/C=C/CCCCCCCCCCCCCCCCCCCCCC. The number of ether oxygens (including phenoxy) is 1. The predicted molar refractivity (Wildman–Crippen MR) is 333 cm³/mol. The van der Waals surface area contributed by atoms with E-state index < -0.39 is 12.1 Å². The number of aliphatic hydroxyl groups excluding tert-OH is 2. The molecule has 0 aliphatic rings. The normalized spacial score (nSPS) is 12.6. The predicted octanol–water partition coefficient (Wildman–Crippen LogP) is 22.1. The molecule has 76 heavy (non-hydrogen) atoms. The van der Waals surface area contributed by atoms with Crippen LogP contribution in [0.4, 0.5) is 0 Å². The van der Waals surface area contributed by atoms with Gasteiger partial charge < -0.3 is 20.3 Å². The second-order valence-corrected chi connectivity index (χ2v) is 23.9. The number of hydrogen-bond donors (Lipinski definition) is 3. The summed E-state index contributed by atoms with van der Waals surface area (Å²) in [6.45, 7) is 4.93. The third kappa shape index (κ3) is 61.6. The molecule has 1 amide bonds. The Morgan fingerprint density at radius 1 is 0.355 bits per heavy atom. The van der Waals surface area contributed by atoms with Gasteiger partial charge in [0.05, 0.1) is 25.4 Å². The van der Waals surface area contributed by atoms with Crippen LogP contribution in [0.25, 0.3) is 0 Å². The van der Waals surface area contributed by atoms with E-state index in [0.29, 0.717) is 19.4 Å². The van der Waals surface area contributed by atoms with Crippen molar-refractivity contribution >= 4 is 11.9 Å². The molecular formula is C70H135NO5. The van der Waals surface area contributed by atoms with Gasteiger partial charge in [-0.15, -0.1) is 0 Å². The molecule has 0 saturated heterocycles. The van der Waals surface area contributed by atoms with Crippen molar-refractivity contribution in [1.29, 1.82) is 0 Å². The average Bonchev–Trinajstić information content (AvgIpc) is 3.42. The van der Waals surface area contributed by atoms with E-state index >= 15 is 0 Å². The van der Waals surface area contributed by atoms with E-state index in [9.17, 15) is 19.8 Å². The Kier molecular flexibility index (Phi) is 64.4. The van der Waals surface area contributed by atoms with E-state index in [0.717, 1.165) is 44.9 Å². The van der Waals surface area contributed by atoms with Crippen LogP contribution in [0, 0.1) is 0 Å². The first kappa shape index (κ1) is 74.3. The number of rotatable bonds is 65. The van der Waals surface area contributed by atoms with Crippen molar-refractivity contribution in [3.8, 4) is 0 Å². The van der Waals surface area contributed by atoms with E-state index in [4.69, 9.17) is 4.74 Å². The second-order valence-electron chi connectivity index (χ2n) is 23.9. The summed E-state index contributed by atoms with van der Waals surface area (Å²) in [5, 5.41) is 23.3. The van der Waals surface area contributed by atoms with Crippen molar-refractivity contribution < 1.29 is 24.5 Å². The van der Waals surface area contributed by atoms with Crippen LogP contribution >= 0.6 is 0 Å². The molecule has 0 aromatic rings. The lowest BCUT2D eigenvalue weighted by atomic mass is 10.0. The number of carbonyl (C=O) groups excluding carboxylic acids is 2. The summed E-state index contributed by atoms with van der Waals surface area (Å²) in [4.78, 5) is 24.6. The third-order valence-corrected chi connectivity index (χ3v) is 16.2. The Labute approximate surface area is 475 Å². The zero-order valence-electron chi connectivity index (χ0n) is 51.5. The smallest absolute Gasteiger partial charge is 0.305 e. The van der Waals surface area contributed by atoms with Crippen LogP contribution in [-0.4, -0.2) is 47.4 Å². The summed E-state index contributed by atoms with van der Waals surface area (Å²) in [5.74, 6) is -0.0583. The minimum absolute atomic E-state index is 0.00753. The fraction of sp³-hybridized carbons (Fsp3) is 0.914. The lowest BCUT2D eigenvalue weighted by molar-refractivity contribution is -0.143. The molecule has 0 aromatic carbocycles. The number of nitrogens with one attached hydrogen (secondary N) is 1. The summed E-state index contributed by atoms with van der Waals surface area (Å²) in [5.41, 5.74) is 0. The van der Waals surface area contributed by atoms with Crippen LogP contribution in [-0.2, 0) is 14.3 Å². The molecule has 0 radical (unpaired) electrons. The van der Waals surface area contributed by atoms with E-state index in [1.54, 1.807) is 6.08 Å². The first-order valence-corrected chi connectivity index (χ1v) is 34.6. The van der Waals surface area contributed by atoms with Gasteiger partial charge in [0.15, 0.2) is 0 Å². The summed E-state index contributed by atoms with van der Waals surface area (Å²) in [6.07, 6.45) is 82.4. The summed E-state index contributed by atoms with van der Waals surface area (Å²) < 4.78 is 5.50. The fourth-order valence-electron chi connectivity index (χ4n) is 10.9. The van der Waals surface area contributed by atoms with Crippen LogP contribution in [0.3, 0.4) is 0 Å². The number of hydrogen-bond acceptors (Lipinski definition) is 5. The molecular weight excluding hydrogens is 935 g/mol. The van der Waals surface area contributed by atoms with Crippen molar-refractivity contribution in [1.82, 2.24) is 5.32 Å². The summed E-state index contributed by atoms with van der Waals surface area (Å²) >= 11 is 0. The van der Waals surface area contributed by atoms with Crippen molar-refractivity contribution in [2.24, 2.45) is 0 Å². The molecule has 0 spiro atoms. The zero-order valence-corrected chi connectivity index (χ0v) is 51.5. The standard InChI is InChI=1S/C70H135NO5/c1-3-5-7-9-11-13-15-17-19-21-22-23-24-27-31-34-38-42-46-50-54-58-62-68(73)67(66-72)71-69(74)63-59-55-51-47-43-39-35-32-28-25-26-29-33-37-41-45-49-53-57-61-65-76-70(75)64-60-56-52-48-44-40-36-30-20-18-16-14-12-10-8-6-4-2/h18,20,58,62,67-68,72-73H,3-17,19,21-57,59-61,63-66H2,1-2H3,(H,71,74)/b20-18-,62-58+. The van der Waals surface area contributed by atoms with Crippen LogP contribution in [0.2, 0.25) is 0 Å². The Hall–Kier alpha value is -1.66. The third-order valence-electron chi connectivity index (χ3n) is 16.2. The van der Waals surface area contributed by atoms with Gasteiger partial charge in [-0.1, -0.05) is 340 Å². The molecule has 0 bridgehead atoms. The lowest BCUT2D eigenvalue weighted by Crippen LogP contribution is -2.45. The Balaban J connectivity index is 3.41. The van der Waals surface area contributed by atoms with Crippen LogP contribution < -0.4 is 5.32 Å². The van der Waals surface area contributed by atoms with Crippen LogP contribution in [0.1, 0.15) is 386 Å². The molecule has 2 unspecified atom stereocenters. The maximum absolute atomic E-state index is 12.5. The van der Waals surface area contributed by atoms with E-state index in [1.165, 1.54) is 315 Å². The number of esters is 1. The maximum atomic E-state index is 12.5. The molecule has 0 fully saturated rings. The number of unbranched alkanes of at least 4 members (excludes halogenated alkanes) is 52. The quantitative estimate of drug-likeness (QED) is 0.0320. The maximum Gasteiger partial charge on any atom is 0.305 e. The molecule has 0 aliphatic heterocycles. The van der Waals surface area contributed by atoms with Gasteiger partial charge in [-0.25, -0.2) is 0 Å². The molecule has 450 valence electrons. The zero-order chi connectivity index (χ0) is 55.0. The monoisotopic (exact) mass is 1070 g/mol. The van der Waals surface area contributed by atoms with Gasteiger partial charge >= 0.3 is 5.97 Å². The number of amides is 1. The highest BCUT2D eigenvalue weighted by Gasteiger charge is 2.18. The van der Waals surface area contributed by atoms with Gasteiger partial charge in [0.2, 0.25) is 5.91 Å². The van der Waals surface area contributed by atoms with E-state index in [-0.39, 0.29) is 18.5 Å². The molecule has 0 saturated carbocycles. The van der Waals surface area contributed by atoms with Crippen molar-refractivity contribution in [2.75, 3.05) is 13.2 Å². The first-order valence-electron chi connectivity index (χ1n) is 34.6. The molecule has 6 nitrogen and oxygen atoms in total. The van der Waals surface area contributed by atoms with E-state index in [2.05, 4.69) is 31.3 Å². The Morgan fingerprint density at radius 3 is 0.934 bits per heavy atom. The fourth-order valence-corrected chi connectivity index (χ4v) is 10.9. The number of allylic oxidation sites excluding steroid dienone is 3. The minimum Gasteiger partial charge on any atom is -0.466 e. The van der Waals surface area contributed by atoms with Crippen LogP contribution in [0.5, 0.6) is 0 Å². The molecule has 0 aliphatic carbocycles. The highest BCUT2D eigenvalue weighted by Crippen LogP contribution is 2.19. The van der Waals surface area contributed by atoms with Crippen molar-refractivity contribution in [3.05, 3.63) is 24.3 Å². The Morgan fingerprint density at radius 2 is 0.618 bits per heavy atom. The molecule has 0 rings (SSSR count). The van der Waals surface area contributed by atoms with Crippen molar-refractivity contribution in [2.45, 2.75) is 398 Å². The molecule has 2 atom stereocenters. The summed E-state index contributed by atoms with van der Waals surface area (Å²) in [6, 6.07) is -0.630. The van der Waals surface area contributed by atoms with Gasteiger partial charge in [-0.2, -0.15) is 0 Å². The number of aliphatic hydroxyl groups is 2. The highest BCUT2D eigenvalue weighted by atomic mass is 16.5. The van der Waals surface area contributed by atoms with Gasteiger partial charge in [0, 0.05) is 12.8 Å². The second kappa shape index (κ2) is 65.9. The average molecular weight is 1070 g/mol. The minimum atomic E-state index is -0.847. The van der Waals surface area contributed by atoms with Gasteiger partial charge in [-0.05, 0) is 57.8 Å². The van der Waals surface area contributed by atoms with Gasteiger partial charge in [-0.3, -0.25) is 9.59 Å². The molecule has 0 aromatic heterocycles. The first-order chi connectivity index (χ1) is 37.5. The van der Waals surface area contributed by atoms with Gasteiger partial charge in [0.25, 0.3) is 0 Å². The molecule has 3 N–H and O–H groups in total. The topological polar surface area (TPSA) is 95.9 Å². The largest absolute Gasteiger partial charge is 0.466 e. The molecule has 6 heteroatoms. The van der Waals surface area contributed by atoms with Gasteiger partial charge in [0.1, 0.15) is 0 Å². The van der Waals surface area contributed by atoms with E-state index in [1.807, 2.05) is 6.08 Å². The highest BCUT2D eigenvalue weighted by molar-refractivity contribution is 5.76. The van der Waals surface area contributed by atoms with Crippen molar-refractivity contribution in [3.63, 3.8) is 0 Å². The number of carbonyl (C=O) groups is 2. The molecule has 0 heterocycles. The summed E-state index contributed by atoms with van der Waals surface area (Å²) in [7, 11) is 0. The Bertz CT molecular complexity index is 1190. The lowest BCUT2D eigenvalue weighted by Gasteiger charge is -2.20. The van der Waals surface area contributed by atoms with Crippen LogP contribution in [0.15, 0.2) is 24.3 Å².